The highest BCUT2D eigenvalue weighted by Crippen LogP contribution is 2.32. The van der Waals surface area contributed by atoms with Gasteiger partial charge in [-0.2, -0.15) is 0 Å². The first-order valence-corrected chi connectivity index (χ1v) is 8.31. The van der Waals surface area contributed by atoms with E-state index in [9.17, 15) is 8.42 Å². The summed E-state index contributed by atoms with van der Waals surface area (Å²) in [6.45, 7) is 0.946. The molecule has 0 amide bonds. The van der Waals surface area contributed by atoms with Crippen molar-refractivity contribution in [3.63, 3.8) is 0 Å². The highest BCUT2D eigenvalue weighted by atomic mass is 79.9. The summed E-state index contributed by atoms with van der Waals surface area (Å²) in [5.74, 6) is 0.246. The third kappa shape index (κ3) is 4.62. The monoisotopic (exact) mass is 366 g/mol. The van der Waals surface area contributed by atoms with Gasteiger partial charge in [0.15, 0.2) is 0 Å². The topological polar surface area (TPSA) is 90.7 Å². The van der Waals surface area contributed by atoms with Gasteiger partial charge < -0.3 is 15.2 Å². The average molecular weight is 367 g/mol. The number of anilines is 1. The number of ether oxygens (including phenoxy) is 2. The fourth-order valence-corrected chi connectivity index (χ4v) is 3.16. The summed E-state index contributed by atoms with van der Waals surface area (Å²) < 4.78 is 37.5. The lowest BCUT2D eigenvalue weighted by Gasteiger charge is -2.12. The van der Waals surface area contributed by atoms with Crippen LogP contribution in [0, 0.1) is 0 Å². The van der Waals surface area contributed by atoms with E-state index in [-0.39, 0.29) is 10.6 Å². The lowest BCUT2D eigenvalue weighted by atomic mass is 10.3. The van der Waals surface area contributed by atoms with Gasteiger partial charge in [0.2, 0.25) is 10.0 Å². The summed E-state index contributed by atoms with van der Waals surface area (Å²) in [7, 11) is -0.623. The molecule has 8 heteroatoms. The summed E-state index contributed by atoms with van der Waals surface area (Å²) in [6, 6.07) is 2.91. The van der Waals surface area contributed by atoms with Gasteiger partial charge >= 0.3 is 0 Å². The number of halogens is 1. The Morgan fingerprint density at radius 3 is 2.60 bits per heavy atom. The van der Waals surface area contributed by atoms with Crippen LogP contribution in [0.1, 0.15) is 12.8 Å². The molecule has 0 heterocycles. The molecule has 0 aliphatic rings. The van der Waals surface area contributed by atoms with E-state index in [2.05, 4.69) is 20.7 Å². The van der Waals surface area contributed by atoms with Crippen LogP contribution >= 0.6 is 15.9 Å². The van der Waals surface area contributed by atoms with Crippen LogP contribution in [-0.4, -0.2) is 35.8 Å². The van der Waals surface area contributed by atoms with Crippen molar-refractivity contribution in [1.29, 1.82) is 0 Å². The lowest BCUT2D eigenvalue weighted by Crippen LogP contribution is -2.25. The number of rotatable bonds is 8. The molecule has 0 saturated heterocycles. The van der Waals surface area contributed by atoms with Gasteiger partial charge in [0.05, 0.1) is 7.11 Å². The first-order valence-electron chi connectivity index (χ1n) is 6.04. The van der Waals surface area contributed by atoms with Crippen LogP contribution in [-0.2, 0) is 14.8 Å². The maximum absolute atomic E-state index is 12.2. The molecule has 1 aromatic rings. The van der Waals surface area contributed by atoms with E-state index in [0.717, 1.165) is 6.42 Å². The molecule has 1 aromatic carbocycles. The Kier molecular flexibility index (Phi) is 6.74. The maximum Gasteiger partial charge on any atom is 0.244 e. The third-order valence-electron chi connectivity index (χ3n) is 2.64. The molecular weight excluding hydrogens is 348 g/mol. The first kappa shape index (κ1) is 17.2. The van der Waals surface area contributed by atoms with E-state index in [1.54, 1.807) is 7.11 Å². The summed E-state index contributed by atoms with van der Waals surface area (Å²) in [6.07, 6.45) is 1.49. The molecule has 20 heavy (non-hydrogen) atoms. The van der Waals surface area contributed by atoms with Gasteiger partial charge in [0.1, 0.15) is 10.6 Å². The average Bonchev–Trinajstić information content (AvgIpc) is 2.41. The Morgan fingerprint density at radius 2 is 2.00 bits per heavy atom. The van der Waals surface area contributed by atoms with Crippen molar-refractivity contribution in [1.82, 2.24) is 4.72 Å². The molecule has 6 nitrogen and oxygen atoms in total. The molecule has 0 aromatic heterocycles. The molecule has 0 atom stereocenters. The fourth-order valence-electron chi connectivity index (χ4n) is 1.58. The largest absolute Gasteiger partial charge is 0.495 e. The Morgan fingerprint density at radius 1 is 1.30 bits per heavy atom. The standard InChI is InChI=1S/C12H19BrN2O4S/c1-18-6-4-3-5-15-20(16,17)12-8-10(14)9(13)7-11(12)19-2/h7-8,15H,3-6,14H2,1-2H3. The summed E-state index contributed by atoms with van der Waals surface area (Å²) in [5, 5.41) is 0. The van der Waals surface area contributed by atoms with Crippen molar-refractivity contribution in [3.8, 4) is 5.75 Å². The molecule has 0 aliphatic heterocycles. The minimum Gasteiger partial charge on any atom is -0.495 e. The molecule has 0 radical (unpaired) electrons. The van der Waals surface area contributed by atoms with Crippen molar-refractivity contribution >= 4 is 31.6 Å². The van der Waals surface area contributed by atoms with E-state index < -0.39 is 10.0 Å². The summed E-state index contributed by atoms with van der Waals surface area (Å²) in [5.41, 5.74) is 6.06. The van der Waals surface area contributed by atoms with Crippen molar-refractivity contribution in [2.75, 3.05) is 33.1 Å². The highest BCUT2D eigenvalue weighted by Gasteiger charge is 2.20. The van der Waals surface area contributed by atoms with Crippen LogP contribution in [0.4, 0.5) is 5.69 Å². The number of methoxy groups -OCH3 is 2. The zero-order chi connectivity index (χ0) is 15.2. The number of unbranched alkanes of at least 4 members (excludes halogenated alkanes) is 1. The second-order valence-corrected chi connectivity index (χ2v) is 6.71. The quantitative estimate of drug-likeness (QED) is 0.540. The minimum absolute atomic E-state index is 0.0347. The molecule has 1 rings (SSSR count). The van der Waals surface area contributed by atoms with Gasteiger partial charge in [-0.3, -0.25) is 0 Å². The Hall–Kier alpha value is -0.830. The van der Waals surface area contributed by atoms with Gasteiger partial charge in [0, 0.05) is 30.4 Å². The SMILES string of the molecule is COCCCCNS(=O)(=O)c1cc(N)c(Br)cc1OC. The Labute approximate surface area is 127 Å². The molecule has 0 unspecified atom stereocenters. The molecule has 3 N–H and O–H groups in total. The van der Waals surface area contributed by atoms with Gasteiger partial charge in [-0.1, -0.05) is 0 Å². The minimum atomic E-state index is -3.65. The van der Waals surface area contributed by atoms with Crippen molar-refractivity contribution in [2.24, 2.45) is 0 Å². The fraction of sp³-hybridized carbons (Fsp3) is 0.500. The van der Waals surface area contributed by atoms with E-state index in [1.165, 1.54) is 19.2 Å². The van der Waals surface area contributed by atoms with Gasteiger partial charge in [-0.15, -0.1) is 0 Å². The molecule has 0 bridgehead atoms. The smallest absolute Gasteiger partial charge is 0.244 e. The zero-order valence-electron chi connectivity index (χ0n) is 11.5. The molecule has 0 fully saturated rings. The van der Waals surface area contributed by atoms with Gasteiger partial charge in [0.25, 0.3) is 0 Å². The number of hydrogen-bond donors (Lipinski definition) is 2. The van der Waals surface area contributed by atoms with Crippen LogP contribution in [0.25, 0.3) is 0 Å². The lowest BCUT2D eigenvalue weighted by molar-refractivity contribution is 0.193. The first-order chi connectivity index (χ1) is 9.42. The second kappa shape index (κ2) is 7.82. The van der Waals surface area contributed by atoms with Crippen LogP contribution in [0.2, 0.25) is 0 Å². The third-order valence-corrected chi connectivity index (χ3v) is 4.81. The van der Waals surface area contributed by atoms with Crippen molar-refractivity contribution < 1.29 is 17.9 Å². The number of nitrogens with one attached hydrogen (secondary N) is 1. The van der Waals surface area contributed by atoms with E-state index in [4.69, 9.17) is 15.2 Å². The number of nitrogens with two attached hydrogens (primary N) is 1. The predicted octanol–water partition coefficient (Wildman–Crippen LogP) is 1.74. The predicted molar refractivity (Wildman–Crippen MR) is 81.4 cm³/mol. The Bertz CT molecular complexity index is 549. The number of benzene rings is 1. The van der Waals surface area contributed by atoms with Crippen LogP contribution in [0.5, 0.6) is 5.75 Å². The molecule has 0 aliphatic carbocycles. The van der Waals surface area contributed by atoms with Crippen LogP contribution in [0.15, 0.2) is 21.5 Å². The molecular formula is C12H19BrN2O4S. The highest BCUT2D eigenvalue weighted by molar-refractivity contribution is 9.10. The summed E-state index contributed by atoms with van der Waals surface area (Å²) >= 11 is 3.23. The van der Waals surface area contributed by atoms with Crippen LogP contribution in [0.3, 0.4) is 0 Å². The number of hydrogen-bond acceptors (Lipinski definition) is 5. The van der Waals surface area contributed by atoms with Crippen molar-refractivity contribution in [3.05, 3.63) is 16.6 Å². The molecule has 0 spiro atoms. The van der Waals surface area contributed by atoms with Gasteiger partial charge in [-0.05, 0) is 40.9 Å². The summed E-state index contributed by atoms with van der Waals surface area (Å²) in [4.78, 5) is 0.0347. The van der Waals surface area contributed by atoms with Crippen LogP contribution < -0.4 is 15.2 Å². The molecule has 0 saturated carbocycles. The van der Waals surface area contributed by atoms with E-state index in [0.29, 0.717) is 29.7 Å². The molecule has 114 valence electrons. The number of sulfonamides is 1. The Balaban J connectivity index is 2.84. The maximum atomic E-state index is 12.2. The van der Waals surface area contributed by atoms with Gasteiger partial charge in [-0.25, -0.2) is 13.1 Å². The normalized spacial score (nSPS) is 11.6. The van der Waals surface area contributed by atoms with Crippen molar-refractivity contribution in [2.45, 2.75) is 17.7 Å². The second-order valence-electron chi connectivity index (χ2n) is 4.12. The number of nitrogen functional groups attached to an aromatic ring is 1. The van der Waals surface area contributed by atoms with E-state index in [1.807, 2.05) is 0 Å². The van der Waals surface area contributed by atoms with E-state index >= 15 is 0 Å². The zero-order valence-corrected chi connectivity index (χ0v) is 13.9.